The molecule has 8 heteroatoms. The fraction of sp³-hybridized carbons (Fsp3) is 0.250. The first kappa shape index (κ1) is 17.9. The number of hydrazine groups is 1. The summed E-state index contributed by atoms with van der Waals surface area (Å²) in [6, 6.07) is 8.51. The van der Waals surface area contributed by atoms with Crippen LogP contribution in [-0.4, -0.2) is 29.6 Å². The summed E-state index contributed by atoms with van der Waals surface area (Å²) in [7, 11) is 3.30. The van der Waals surface area contributed by atoms with Crippen LogP contribution in [-0.2, 0) is 11.8 Å². The molecule has 0 spiro atoms. The second-order valence-electron chi connectivity index (χ2n) is 5.03. The standard InChI is InChI=1S/C16H18BrN3O4/c1-10(24-13-6-4-12(23-3)5-7-13)15(21)18-19-16(22)14-8-11(17)9-20(14)2/h4-10H,1-3H3,(H,18,21)(H,19,22). The highest BCUT2D eigenvalue weighted by Gasteiger charge is 2.17. The summed E-state index contributed by atoms with van der Waals surface area (Å²) in [6.45, 7) is 1.59. The average Bonchev–Trinajstić information content (AvgIpc) is 2.91. The number of aryl methyl sites for hydroxylation is 1. The van der Waals surface area contributed by atoms with Gasteiger partial charge in [-0.05, 0) is 53.2 Å². The van der Waals surface area contributed by atoms with Crippen LogP contribution in [0.5, 0.6) is 11.5 Å². The summed E-state index contributed by atoms with van der Waals surface area (Å²) in [5.41, 5.74) is 5.11. The van der Waals surface area contributed by atoms with Gasteiger partial charge in [-0.1, -0.05) is 0 Å². The van der Waals surface area contributed by atoms with Gasteiger partial charge in [-0.2, -0.15) is 0 Å². The van der Waals surface area contributed by atoms with Gasteiger partial charge in [-0.15, -0.1) is 0 Å². The van der Waals surface area contributed by atoms with Crippen LogP contribution in [0.15, 0.2) is 41.0 Å². The van der Waals surface area contributed by atoms with Crippen molar-refractivity contribution in [3.63, 3.8) is 0 Å². The van der Waals surface area contributed by atoms with Gasteiger partial charge in [0, 0.05) is 17.7 Å². The highest BCUT2D eigenvalue weighted by atomic mass is 79.9. The highest BCUT2D eigenvalue weighted by Crippen LogP contribution is 2.18. The summed E-state index contributed by atoms with van der Waals surface area (Å²) in [4.78, 5) is 24.0. The van der Waals surface area contributed by atoms with Gasteiger partial charge >= 0.3 is 0 Å². The third-order valence-electron chi connectivity index (χ3n) is 3.24. The molecule has 2 amide bonds. The molecule has 1 aromatic heterocycles. The topological polar surface area (TPSA) is 81.6 Å². The van der Waals surface area contributed by atoms with E-state index >= 15 is 0 Å². The molecule has 128 valence electrons. The molecule has 0 saturated heterocycles. The van der Waals surface area contributed by atoms with Crippen LogP contribution in [0, 0.1) is 0 Å². The number of hydrogen-bond donors (Lipinski definition) is 2. The van der Waals surface area contributed by atoms with E-state index in [2.05, 4.69) is 26.8 Å². The predicted molar refractivity (Wildman–Crippen MR) is 91.8 cm³/mol. The Morgan fingerprint density at radius 2 is 1.79 bits per heavy atom. The number of methoxy groups -OCH3 is 1. The first-order valence-electron chi connectivity index (χ1n) is 7.13. The van der Waals surface area contributed by atoms with Crippen LogP contribution in [0.2, 0.25) is 0 Å². The number of nitrogens with one attached hydrogen (secondary N) is 2. The van der Waals surface area contributed by atoms with E-state index < -0.39 is 17.9 Å². The monoisotopic (exact) mass is 395 g/mol. The van der Waals surface area contributed by atoms with E-state index in [1.54, 1.807) is 62.2 Å². The van der Waals surface area contributed by atoms with Gasteiger partial charge in [-0.3, -0.25) is 20.4 Å². The second-order valence-corrected chi connectivity index (χ2v) is 5.95. The highest BCUT2D eigenvalue weighted by molar-refractivity contribution is 9.10. The van der Waals surface area contributed by atoms with Crippen LogP contribution in [0.1, 0.15) is 17.4 Å². The molecule has 2 N–H and O–H groups in total. The molecule has 1 unspecified atom stereocenters. The zero-order chi connectivity index (χ0) is 17.7. The zero-order valence-corrected chi connectivity index (χ0v) is 15.1. The summed E-state index contributed by atoms with van der Waals surface area (Å²) < 4.78 is 13.0. The number of halogens is 1. The van der Waals surface area contributed by atoms with Gasteiger partial charge in [0.05, 0.1) is 7.11 Å². The molecular weight excluding hydrogens is 378 g/mol. The molecule has 0 aliphatic rings. The van der Waals surface area contributed by atoms with E-state index in [0.29, 0.717) is 17.2 Å². The Morgan fingerprint density at radius 3 is 2.33 bits per heavy atom. The molecule has 0 fully saturated rings. The third-order valence-corrected chi connectivity index (χ3v) is 3.68. The quantitative estimate of drug-likeness (QED) is 0.758. The lowest BCUT2D eigenvalue weighted by atomic mass is 10.3. The fourth-order valence-electron chi connectivity index (χ4n) is 1.95. The van der Waals surface area contributed by atoms with Crippen molar-refractivity contribution in [3.8, 4) is 11.5 Å². The summed E-state index contributed by atoms with van der Waals surface area (Å²) in [5, 5.41) is 0. The Morgan fingerprint density at radius 1 is 1.17 bits per heavy atom. The molecule has 2 rings (SSSR count). The van der Waals surface area contributed by atoms with Crippen molar-refractivity contribution in [1.29, 1.82) is 0 Å². The predicted octanol–water partition coefficient (Wildman–Crippen LogP) is 2.02. The number of rotatable bonds is 5. The van der Waals surface area contributed by atoms with E-state index in [9.17, 15) is 9.59 Å². The number of aromatic nitrogens is 1. The van der Waals surface area contributed by atoms with Crippen LogP contribution in [0.3, 0.4) is 0 Å². The number of carbonyl (C=O) groups is 2. The maximum Gasteiger partial charge on any atom is 0.286 e. The molecule has 1 atom stereocenters. The maximum absolute atomic E-state index is 12.0. The average molecular weight is 396 g/mol. The number of nitrogens with zero attached hydrogens (tertiary/aromatic N) is 1. The van der Waals surface area contributed by atoms with Crippen molar-refractivity contribution < 1.29 is 19.1 Å². The van der Waals surface area contributed by atoms with E-state index in [1.165, 1.54) is 0 Å². The Balaban J connectivity index is 1.87. The Hall–Kier alpha value is -2.48. The minimum Gasteiger partial charge on any atom is -0.497 e. The lowest BCUT2D eigenvalue weighted by Gasteiger charge is -2.15. The summed E-state index contributed by atoms with van der Waals surface area (Å²) in [5.74, 6) is 0.331. The van der Waals surface area contributed by atoms with Crippen molar-refractivity contribution in [3.05, 3.63) is 46.7 Å². The van der Waals surface area contributed by atoms with Crippen LogP contribution in [0.25, 0.3) is 0 Å². The van der Waals surface area contributed by atoms with E-state index in [0.717, 1.165) is 4.47 Å². The van der Waals surface area contributed by atoms with E-state index in [-0.39, 0.29) is 0 Å². The van der Waals surface area contributed by atoms with Gasteiger partial charge in [-0.25, -0.2) is 0 Å². The van der Waals surface area contributed by atoms with E-state index in [1.807, 2.05) is 0 Å². The van der Waals surface area contributed by atoms with Gasteiger partial charge in [0.2, 0.25) is 0 Å². The van der Waals surface area contributed by atoms with Gasteiger partial charge < -0.3 is 14.0 Å². The molecule has 0 aliphatic carbocycles. The Labute approximate surface area is 148 Å². The first-order valence-corrected chi connectivity index (χ1v) is 7.92. The SMILES string of the molecule is COc1ccc(OC(C)C(=O)NNC(=O)c2cc(Br)cn2C)cc1. The molecule has 0 saturated carbocycles. The Bertz CT molecular complexity index is 727. The van der Waals surface area contributed by atoms with Gasteiger partial charge in [0.25, 0.3) is 11.8 Å². The number of benzene rings is 1. The van der Waals surface area contributed by atoms with Crippen molar-refractivity contribution in [2.75, 3.05) is 7.11 Å². The van der Waals surface area contributed by atoms with Crippen molar-refractivity contribution in [2.24, 2.45) is 7.05 Å². The van der Waals surface area contributed by atoms with Crippen LogP contribution in [0.4, 0.5) is 0 Å². The summed E-state index contributed by atoms with van der Waals surface area (Å²) in [6.07, 6.45) is 0.963. The molecule has 0 radical (unpaired) electrons. The molecule has 0 aliphatic heterocycles. The van der Waals surface area contributed by atoms with Crippen molar-refractivity contribution in [1.82, 2.24) is 15.4 Å². The maximum atomic E-state index is 12.0. The normalized spacial score (nSPS) is 11.5. The third kappa shape index (κ3) is 4.51. The molecule has 1 aromatic carbocycles. The molecule has 2 aromatic rings. The molecular formula is C16H18BrN3O4. The lowest BCUT2D eigenvalue weighted by Crippen LogP contribution is -2.47. The van der Waals surface area contributed by atoms with Crippen LogP contribution >= 0.6 is 15.9 Å². The molecule has 0 bridgehead atoms. The molecule has 1 heterocycles. The fourth-order valence-corrected chi connectivity index (χ4v) is 2.47. The van der Waals surface area contributed by atoms with E-state index in [4.69, 9.17) is 9.47 Å². The number of carbonyl (C=O) groups excluding carboxylic acids is 2. The molecule has 7 nitrogen and oxygen atoms in total. The number of ether oxygens (including phenoxy) is 2. The second kappa shape index (κ2) is 7.87. The van der Waals surface area contributed by atoms with Gasteiger partial charge in [0.15, 0.2) is 6.10 Å². The van der Waals surface area contributed by atoms with Crippen molar-refractivity contribution in [2.45, 2.75) is 13.0 Å². The van der Waals surface area contributed by atoms with Crippen molar-refractivity contribution >= 4 is 27.7 Å². The zero-order valence-electron chi connectivity index (χ0n) is 13.5. The lowest BCUT2D eigenvalue weighted by molar-refractivity contribution is -0.128. The summed E-state index contributed by atoms with van der Waals surface area (Å²) >= 11 is 3.28. The number of hydrogen-bond acceptors (Lipinski definition) is 4. The number of amides is 2. The molecule has 24 heavy (non-hydrogen) atoms. The van der Waals surface area contributed by atoms with Gasteiger partial charge in [0.1, 0.15) is 17.2 Å². The first-order chi connectivity index (χ1) is 11.4. The largest absolute Gasteiger partial charge is 0.497 e. The minimum atomic E-state index is -0.779. The minimum absolute atomic E-state index is 0.408. The van der Waals surface area contributed by atoms with Crippen LogP contribution < -0.4 is 20.3 Å². The smallest absolute Gasteiger partial charge is 0.286 e. The Kier molecular flexibility index (Phi) is 5.86.